The van der Waals surface area contributed by atoms with Gasteiger partial charge in [-0.1, -0.05) is 32.6 Å². The lowest BCUT2D eigenvalue weighted by Gasteiger charge is -1.95. The van der Waals surface area contributed by atoms with Gasteiger partial charge in [-0.2, -0.15) is 4.99 Å². The van der Waals surface area contributed by atoms with Gasteiger partial charge in [0, 0.05) is 6.42 Å². The van der Waals surface area contributed by atoms with Crippen molar-refractivity contribution < 1.29 is 4.79 Å². The van der Waals surface area contributed by atoms with Crippen molar-refractivity contribution in [2.45, 2.75) is 45.4 Å². The fraction of sp³-hybridized carbons (Fsp3) is 0.700. The van der Waals surface area contributed by atoms with Crippen molar-refractivity contribution in [3.63, 3.8) is 0 Å². The molecule has 0 atom stereocenters. The topological polar surface area (TPSA) is 29.4 Å². The standard InChI is InChI=1S/C10H17NO/c1-3-5-6-7-8-9-10(12)11-4-2/h2-3,5-9H2,1H3. The zero-order valence-corrected chi connectivity index (χ0v) is 7.81. The summed E-state index contributed by atoms with van der Waals surface area (Å²) in [6.07, 6.45) is 6.35. The minimum absolute atomic E-state index is 0.0958. The van der Waals surface area contributed by atoms with Crippen LogP contribution >= 0.6 is 0 Å². The smallest absolute Gasteiger partial charge is 0.253 e. The van der Waals surface area contributed by atoms with E-state index < -0.39 is 0 Å². The van der Waals surface area contributed by atoms with Gasteiger partial charge in [-0.15, -0.1) is 0 Å². The lowest BCUT2D eigenvalue weighted by atomic mass is 10.1. The number of carbonyl (C=O) groups is 1. The van der Waals surface area contributed by atoms with Crippen LogP contribution in [0.3, 0.4) is 0 Å². The number of nitrogens with zero attached hydrogens (tertiary/aromatic N) is 1. The zero-order valence-electron chi connectivity index (χ0n) is 7.81. The molecule has 0 heterocycles. The Morgan fingerprint density at radius 2 is 2.00 bits per heavy atom. The number of aliphatic imine (C=N–C) groups is 1. The molecule has 2 nitrogen and oxygen atoms in total. The highest BCUT2D eigenvalue weighted by Gasteiger charge is 1.96. The Morgan fingerprint density at radius 3 is 2.58 bits per heavy atom. The summed E-state index contributed by atoms with van der Waals surface area (Å²) >= 11 is 0. The average molecular weight is 167 g/mol. The first-order valence-electron chi connectivity index (χ1n) is 4.57. The summed E-state index contributed by atoms with van der Waals surface area (Å²) in [6, 6.07) is 0. The Bertz CT molecular complexity index is 169. The van der Waals surface area contributed by atoms with E-state index in [-0.39, 0.29) is 5.91 Å². The van der Waals surface area contributed by atoms with Crippen molar-refractivity contribution >= 4 is 11.8 Å². The van der Waals surface area contributed by atoms with E-state index in [1.807, 2.05) is 0 Å². The van der Waals surface area contributed by atoms with Gasteiger partial charge in [0.05, 0.1) is 0 Å². The second-order valence-corrected chi connectivity index (χ2v) is 2.83. The first-order valence-corrected chi connectivity index (χ1v) is 4.57. The fourth-order valence-corrected chi connectivity index (χ4v) is 1.02. The highest BCUT2D eigenvalue weighted by atomic mass is 16.1. The molecule has 1 amide bonds. The number of unbranched alkanes of at least 4 members (excludes halogenated alkanes) is 4. The fourth-order valence-electron chi connectivity index (χ4n) is 1.02. The Hall–Kier alpha value is -0.880. The van der Waals surface area contributed by atoms with Crippen LogP contribution in [0.2, 0.25) is 0 Å². The van der Waals surface area contributed by atoms with E-state index in [0.29, 0.717) is 6.42 Å². The number of carbonyl (C=O) groups excluding carboxylic acids is 1. The molecule has 0 aromatic rings. The van der Waals surface area contributed by atoms with Crippen molar-refractivity contribution in [3.05, 3.63) is 6.58 Å². The molecule has 0 fully saturated rings. The maximum atomic E-state index is 10.8. The first kappa shape index (κ1) is 11.1. The average Bonchev–Trinajstić information content (AvgIpc) is 2.05. The number of hydrogen-bond donors (Lipinski definition) is 0. The van der Waals surface area contributed by atoms with Crippen LogP contribution in [-0.4, -0.2) is 11.8 Å². The summed E-state index contributed by atoms with van der Waals surface area (Å²) in [7, 11) is 0. The van der Waals surface area contributed by atoms with E-state index in [2.05, 4.69) is 24.4 Å². The summed E-state index contributed by atoms with van der Waals surface area (Å²) in [5.74, 6) is 2.15. The van der Waals surface area contributed by atoms with Gasteiger partial charge in [-0.05, 0) is 18.9 Å². The maximum absolute atomic E-state index is 10.8. The molecule has 0 radical (unpaired) electrons. The largest absolute Gasteiger partial charge is 0.272 e. The van der Waals surface area contributed by atoms with Crippen LogP contribution in [0.1, 0.15) is 45.4 Å². The zero-order chi connectivity index (χ0) is 9.23. The number of hydrogen-bond acceptors (Lipinski definition) is 1. The number of rotatable bonds is 6. The van der Waals surface area contributed by atoms with Gasteiger partial charge in [0.1, 0.15) is 0 Å². The summed E-state index contributed by atoms with van der Waals surface area (Å²) in [5, 5.41) is 0. The first-order chi connectivity index (χ1) is 5.81. The van der Waals surface area contributed by atoms with E-state index in [4.69, 9.17) is 0 Å². The van der Waals surface area contributed by atoms with Crippen molar-refractivity contribution in [1.29, 1.82) is 0 Å². The van der Waals surface area contributed by atoms with E-state index in [1.54, 1.807) is 0 Å². The Morgan fingerprint density at radius 1 is 1.33 bits per heavy atom. The summed E-state index contributed by atoms with van der Waals surface area (Å²) in [5.41, 5.74) is 0. The highest BCUT2D eigenvalue weighted by Crippen LogP contribution is 2.05. The van der Waals surface area contributed by atoms with Crippen LogP contribution in [0.4, 0.5) is 0 Å². The SMILES string of the molecule is C=C=NC(=O)CCCCCCC. The molecule has 0 bridgehead atoms. The molecular formula is C10H17NO. The van der Waals surface area contributed by atoms with Gasteiger partial charge >= 0.3 is 0 Å². The third-order valence-electron chi connectivity index (χ3n) is 1.70. The van der Waals surface area contributed by atoms with E-state index in [0.717, 1.165) is 12.8 Å². The van der Waals surface area contributed by atoms with E-state index in [1.165, 1.54) is 19.3 Å². The number of amides is 1. The van der Waals surface area contributed by atoms with Crippen LogP contribution in [-0.2, 0) is 4.79 Å². The molecule has 2 heteroatoms. The monoisotopic (exact) mass is 167 g/mol. The van der Waals surface area contributed by atoms with E-state index in [9.17, 15) is 4.79 Å². The molecule has 0 unspecified atom stereocenters. The quantitative estimate of drug-likeness (QED) is 0.442. The van der Waals surface area contributed by atoms with Crippen LogP contribution in [0, 0.1) is 0 Å². The highest BCUT2D eigenvalue weighted by molar-refractivity contribution is 5.82. The third kappa shape index (κ3) is 7.23. The Labute approximate surface area is 74.4 Å². The molecule has 0 saturated carbocycles. The van der Waals surface area contributed by atoms with Gasteiger partial charge in [0.15, 0.2) is 0 Å². The van der Waals surface area contributed by atoms with Gasteiger partial charge in [0.25, 0.3) is 5.91 Å². The van der Waals surface area contributed by atoms with Gasteiger partial charge in [-0.3, -0.25) is 4.79 Å². The van der Waals surface area contributed by atoms with Crippen LogP contribution in [0.15, 0.2) is 11.6 Å². The van der Waals surface area contributed by atoms with Crippen molar-refractivity contribution in [1.82, 2.24) is 0 Å². The Balaban J connectivity index is 3.19. The maximum Gasteiger partial charge on any atom is 0.253 e. The second kappa shape index (κ2) is 8.22. The third-order valence-corrected chi connectivity index (χ3v) is 1.70. The molecule has 0 saturated heterocycles. The molecule has 68 valence electrons. The van der Waals surface area contributed by atoms with Gasteiger partial charge in [-0.25, -0.2) is 0 Å². The molecular weight excluding hydrogens is 150 g/mol. The molecule has 0 aliphatic carbocycles. The molecule has 0 aliphatic heterocycles. The molecule has 0 N–H and O–H groups in total. The summed E-state index contributed by atoms with van der Waals surface area (Å²) in [6.45, 7) is 5.42. The van der Waals surface area contributed by atoms with Crippen molar-refractivity contribution in [2.75, 3.05) is 0 Å². The molecule has 0 spiro atoms. The summed E-state index contributed by atoms with van der Waals surface area (Å²) < 4.78 is 0. The second-order valence-electron chi connectivity index (χ2n) is 2.83. The van der Waals surface area contributed by atoms with Crippen LogP contribution < -0.4 is 0 Å². The minimum atomic E-state index is -0.0958. The lowest BCUT2D eigenvalue weighted by Crippen LogP contribution is -1.91. The van der Waals surface area contributed by atoms with E-state index >= 15 is 0 Å². The Kier molecular flexibility index (Phi) is 7.62. The normalized spacial score (nSPS) is 9.08. The van der Waals surface area contributed by atoms with Crippen LogP contribution in [0.5, 0.6) is 0 Å². The van der Waals surface area contributed by atoms with Gasteiger partial charge < -0.3 is 0 Å². The summed E-state index contributed by atoms with van der Waals surface area (Å²) in [4.78, 5) is 14.2. The van der Waals surface area contributed by atoms with Crippen molar-refractivity contribution in [2.24, 2.45) is 4.99 Å². The molecule has 12 heavy (non-hydrogen) atoms. The molecule has 0 rings (SSSR count). The van der Waals surface area contributed by atoms with Crippen molar-refractivity contribution in [3.8, 4) is 0 Å². The molecule has 0 aromatic carbocycles. The molecule has 0 aromatic heterocycles. The lowest BCUT2D eigenvalue weighted by molar-refractivity contribution is -0.117. The van der Waals surface area contributed by atoms with Gasteiger partial charge in [0.2, 0.25) is 0 Å². The van der Waals surface area contributed by atoms with Crippen LogP contribution in [0.25, 0.3) is 0 Å². The predicted molar refractivity (Wildman–Crippen MR) is 51.4 cm³/mol. The molecule has 0 aliphatic rings. The minimum Gasteiger partial charge on any atom is -0.272 e. The predicted octanol–water partition coefficient (Wildman–Crippen LogP) is 2.73.